The molecule has 1 N–H and O–H groups in total. The van der Waals surface area contributed by atoms with Crippen molar-refractivity contribution in [3.8, 4) is 5.75 Å². The lowest BCUT2D eigenvalue weighted by atomic mass is 10.1. The number of benzene rings is 2. The quantitative estimate of drug-likeness (QED) is 0.460. The first kappa shape index (κ1) is 28.7. The van der Waals surface area contributed by atoms with Gasteiger partial charge in [-0.05, 0) is 44.5 Å². The Bertz CT molecular complexity index is 1140. The molecule has 35 heavy (non-hydrogen) atoms. The van der Waals surface area contributed by atoms with Gasteiger partial charge in [0.1, 0.15) is 18.3 Å². The van der Waals surface area contributed by atoms with E-state index < -0.39 is 28.5 Å². The van der Waals surface area contributed by atoms with E-state index in [0.29, 0.717) is 27.8 Å². The van der Waals surface area contributed by atoms with E-state index in [2.05, 4.69) is 5.32 Å². The molecule has 8 nitrogen and oxygen atoms in total. The number of ether oxygens (including phenoxy) is 1. The van der Waals surface area contributed by atoms with Gasteiger partial charge in [0, 0.05) is 34.3 Å². The van der Waals surface area contributed by atoms with E-state index in [9.17, 15) is 18.0 Å². The Hall–Kier alpha value is -2.49. The number of halogens is 2. The van der Waals surface area contributed by atoms with Crippen LogP contribution in [0, 0.1) is 0 Å². The predicted octanol–water partition coefficient (Wildman–Crippen LogP) is 4.10. The zero-order valence-electron chi connectivity index (χ0n) is 20.4. The Morgan fingerprint density at radius 3 is 2.23 bits per heavy atom. The van der Waals surface area contributed by atoms with Crippen LogP contribution in [0.15, 0.2) is 42.5 Å². The van der Waals surface area contributed by atoms with Crippen molar-refractivity contribution in [2.24, 2.45) is 0 Å². The second kappa shape index (κ2) is 12.5. The van der Waals surface area contributed by atoms with Gasteiger partial charge in [0.15, 0.2) is 0 Å². The molecule has 0 unspecified atom stereocenters. The fraction of sp³-hybridized carbons (Fsp3) is 0.417. The molecule has 2 atom stereocenters. The van der Waals surface area contributed by atoms with Gasteiger partial charge in [0.25, 0.3) is 0 Å². The largest absolute Gasteiger partial charge is 0.497 e. The van der Waals surface area contributed by atoms with E-state index in [4.69, 9.17) is 27.9 Å². The third-order valence-corrected chi connectivity index (χ3v) is 7.43. The van der Waals surface area contributed by atoms with Gasteiger partial charge < -0.3 is 15.0 Å². The maximum atomic E-state index is 13.6. The lowest BCUT2D eigenvalue weighted by Gasteiger charge is -2.32. The molecule has 192 valence electrons. The maximum absolute atomic E-state index is 13.6. The molecule has 0 saturated heterocycles. The highest BCUT2D eigenvalue weighted by atomic mass is 35.5. The third-order valence-electron chi connectivity index (χ3n) is 5.58. The number of anilines is 1. The fourth-order valence-corrected chi connectivity index (χ4v) is 4.64. The summed E-state index contributed by atoms with van der Waals surface area (Å²) in [6, 6.07) is 10.3. The molecule has 2 amide bonds. The van der Waals surface area contributed by atoms with Gasteiger partial charge in [0.2, 0.25) is 21.8 Å². The molecule has 0 aliphatic carbocycles. The summed E-state index contributed by atoms with van der Waals surface area (Å²) in [7, 11) is -2.39. The zero-order valence-corrected chi connectivity index (χ0v) is 22.7. The van der Waals surface area contributed by atoms with Crippen molar-refractivity contribution in [1.82, 2.24) is 10.2 Å². The molecule has 2 aromatic rings. The monoisotopic (exact) mass is 543 g/mol. The van der Waals surface area contributed by atoms with Crippen LogP contribution in [0.1, 0.15) is 32.8 Å². The first-order valence-electron chi connectivity index (χ1n) is 11.0. The number of methoxy groups -OCH3 is 1. The molecule has 2 rings (SSSR count). The highest BCUT2D eigenvalue weighted by Crippen LogP contribution is 2.28. The molecule has 0 radical (unpaired) electrons. The van der Waals surface area contributed by atoms with Gasteiger partial charge in [-0.1, -0.05) is 42.3 Å². The van der Waals surface area contributed by atoms with Crippen molar-refractivity contribution in [2.75, 3.05) is 24.2 Å². The number of nitrogens with one attached hydrogen (secondary N) is 1. The van der Waals surface area contributed by atoms with Gasteiger partial charge in [0.05, 0.1) is 19.1 Å². The van der Waals surface area contributed by atoms with Crippen LogP contribution >= 0.6 is 23.2 Å². The number of amides is 2. The van der Waals surface area contributed by atoms with Crippen LogP contribution in [-0.4, -0.2) is 57.1 Å². The average Bonchev–Trinajstić information content (AvgIpc) is 2.80. The highest BCUT2D eigenvalue weighted by Gasteiger charge is 2.31. The SMILES string of the molecule is CC[C@@H](C)NC(=O)[C@@H](C)N(Cc1c(Cl)cccc1Cl)C(=O)CN(c1cccc(OC)c1)S(C)(=O)=O. The van der Waals surface area contributed by atoms with Crippen LogP contribution < -0.4 is 14.4 Å². The number of sulfonamides is 1. The van der Waals surface area contributed by atoms with Gasteiger partial charge in [-0.15, -0.1) is 0 Å². The normalized spacial score (nSPS) is 13.0. The molecule has 0 heterocycles. The standard InChI is InChI=1S/C24H31Cl2N3O5S/c1-6-16(2)27-24(31)17(3)28(14-20-21(25)11-8-12-22(20)26)23(30)15-29(35(5,32)33)18-9-7-10-19(13-18)34-4/h7-13,16-17H,6,14-15H2,1-5H3,(H,27,31)/t16-,17-/m1/s1. The first-order valence-corrected chi connectivity index (χ1v) is 13.6. The van der Waals surface area contributed by atoms with Crippen molar-refractivity contribution in [2.45, 2.75) is 45.8 Å². The second-order valence-electron chi connectivity index (χ2n) is 8.19. The molecule has 0 spiro atoms. The molecule has 0 fully saturated rings. The van der Waals surface area contributed by atoms with Crippen LogP contribution in [0.5, 0.6) is 5.75 Å². The molecular weight excluding hydrogens is 513 g/mol. The van der Waals surface area contributed by atoms with Crippen molar-refractivity contribution in [3.63, 3.8) is 0 Å². The van der Waals surface area contributed by atoms with E-state index in [1.807, 2.05) is 13.8 Å². The Labute approximate surface area is 217 Å². The minimum atomic E-state index is -3.85. The van der Waals surface area contributed by atoms with Gasteiger partial charge in [-0.2, -0.15) is 0 Å². The van der Waals surface area contributed by atoms with E-state index in [1.54, 1.807) is 43.3 Å². The Morgan fingerprint density at radius 1 is 1.09 bits per heavy atom. The van der Waals surface area contributed by atoms with Crippen LogP contribution in [0.25, 0.3) is 0 Å². The van der Waals surface area contributed by atoms with Gasteiger partial charge >= 0.3 is 0 Å². The average molecular weight is 545 g/mol. The summed E-state index contributed by atoms with van der Waals surface area (Å²) in [5.41, 5.74) is 0.715. The summed E-state index contributed by atoms with van der Waals surface area (Å²) >= 11 is 12.7. The summed E-state index contributed by atoms with van der Waals surface area (Å²) in [5, 5.41) is 3.53. The summed E-state index contributed by atoms with van der Waals surface area (Å²) < 4.78 is 31.4. The number of rotatable bonds is 11. The lowest BCUT2D eigenvalue weighted by molar-refractivity contribution is -0.139. The summed E-state index contributed by atoms with van der Waals surface area (Å²) in [6.45, 7) is 4.75. The topological polar surface area (TPSA) is 96.0 Å². The van der Waals surface area contributed by atoms with Crippen LogP contribution in [0.4, 0.5) is 5.69 Å². The molecular formula is C24H31Cl2N3O5S. The summed E-state index contributed by atoms with van der Waals surface area (Å²) in [6.07, 6.45) is 1.72. The minimum Gasteiger partial charge on any atom is -0.497 e. The van der Waals surface area contributed by atoms with Crippen molar-refractivity contribution >= 4 is 50.7 Å². The molecule has 0 aliphatic rings. The van der Waals surface area contributed by atoms with Gasteiger partial charge in [-0.3, -0.25) is 13.9 Å². The Balaban J connectivity index is 2.46. The number of hydrogen-bond acceptors (Lipinski definition) is 5. The fourth-order valence-electron chi connectivity index (χ4n) is 3.28. The number of carbonyl (C=O) groups is 2. The first-order chi connectivity index (χ1) is 16.4. The second-order valence-corrected chi connectivity index (χ2v) is 10.9. The molecule has 0 bridgehead atoms. The van der Waals surface area contributed by atoms with E-state index in [1.165, 1.54) is 18.1 Å². The van der Waals surface area contributed by atoms with Crippen molar-refractivity contribution in [3.05, 3.63) is 58.1 Å². The smallest absolute Gasteiger partial charge is 0.244 e. The number of hydrogen-bond donors (Lipinski definition) is 1. The third kappa shape index (κ3) is 7.75. The molecule has 0 aliphatic heterocycles. The highest BCUT2D eigenvalue weighted by molar-refractivity contribution is 7.92. The van der Waals surface area contributed by atoms with Crippen LogP contribution in [0.3, 0.4) is 0 Å². The molecule has 11 heteroatoms. The van der Waals surface area contributed by atoms with Crippen molar-refractivity contribution in [1.29, 1.82) is 0 Å². The number of nitrogens with zero attached hydrogens (tertiary/aromatic N) is 2. The minimum absolute atomic E-state index is 0.0812. The molecule has 2 aromatic carbocycles. The van der Waals surface area contributed by atoms with Crippen LogP contribution in [-0.2, 0) is 26.2 Å². The molecule has 0 saturated carbocycles. The van der Waals surface area contributed by atoms with Gasteiger partial charge in [-0.25, -0.2) is 8.42 Å². The maximum Gasteiger partial charge on any atom is 0.244 e. The summed E-state index contributed by atoms with van der Waals surface area (Å²) in [5.74, 6) is -0.534. The van der Waals surface area contributed by atoms with E-state index >= 15 is 0 Å². The lowest BCUT2D eigenvalue weighted by Crippen LogP contribution is -2.52. The number of carbonyl (C=O) groups excluding carboxylic acids is 2. The predicted molar refractivity (Wildman–Crippen MR) is 140 cm³/mol. The van der Waals surface area contributed by atoms with Crippen LogP contribution in [0.2, 0.25) is 10.0 Å². The van der Waals surface area contributed by atoms with E-state index in [-0.39, 0.29) is 24.2 Å². The van der Waals surface area contributed by atoms with Crippen molar-refractivity contribution < 1.29 is 22.7 Å². The van der Waals surface area contributed by atoms with E-state index in [0.717, 1.165) is 10.6 Å². The Morgan fingerprint density at radius 2 is 1.69 bits per heavy atom. The molecule has 0 aromatic heterocycles. The summed E-state index contributed by atoms with van der Waals surface area (Å²) in [4.78, 5) is 27.8. The Kier molecular flexibility index (Phi) is 10.2. The zero-order chi connectivity index (χ0) is 26.3.